The largest absolute Gasteiger partial charge is 0.392 e. The van der Waals surface area contributed by atoms with Gasteiger partial charge in [-0.25, -0.2) is 0 Å². The van der Waals surface area contributed by atoms with Crippen LogP contribution in [0.1, 0.15) is 29.5 Å². The first kappa shape index (κ1) is 12.6. The highest BCUT2D eigenvalue weighted by Gasteiger charge is 2.21. The average molecular weight is 233 g/mol. The maximum atomic E-state index is 10.3. The molecule has 1 aliphatic heterocycles. The van der Waals surface area contributed by atoms with Gasteiger partial charge in [0.25, 0.3) is 0 Å². The summed E-state index contributed by atoms with van der Waals surface area (Å²) in [5.41, 5.74) is 3.88. The minimum absolute atomic E-state index is 0.204. The second kappa shape index (κ2) is 5.65. The molecule has 2 N–H and O–H groups in total. The molecule has 2 unspecified atom stereocenters. The van der Waals surface area contributed by atoms with Crippen LogP contribution in [-0.2, 0) is 6.42 Å². The Morgan fingerprint density at radius 2 is 2.24 bits per heavy atom. The Balaban J connectivity index is 1.99. The molecule has 17 heavy (non-hydrogen) atoms. The number of aryl methyl sites for hydroxylation is 2. The summed E-state index contributed by atoms with van der Waals surface area (Å²) in [6.07, 6.45) is 2.93. The van der Waals surface area contributed by atoms with E-state index in [9.17, 15) is 5.11 Å². The first-order valence-electron chi connectivity index (χ1n) is 6.61. The molecular formula is C15H23NO. The maximum absolute atomic E-state index is 10.3. The predicted molar refractivity (Wildman–Crippen MR) is 71.2 cm³/mol. The number of aliphatic hydroxyl groups is 1. The molecule has 0 saturated carbocycles. The van der Waals surface area contributed by atoms with E-state index in [0.29, 0.717) is 5.92 Å². The molecule has 0 bridgehead atoms. The van der Waals surface area contributed by atoms with Gasteiger partial charge in [0, 0.05) is 6.54 Å². The number of piperidine rings is 1. The smallest absolute Gasteiger partial charge is 0.0620 e. The zero-order valence-corrected chi connectivity index (χ0v) is 10.9. The van der Waals surface area contributed by atoms with Crippen LogP contribution in [-0.4, -0.2) is 24.3 Å². The van der Waals surface area contributed by atoms with Crippen LogP contribution in [0.2, 0.25) is 0 Å². The number of hydrogen-bond donors (Lipinski definition) is 2. The molecule has 1 aliphatic rings. The van der Waals surface area contributed by atoms with Crippen LogP contribution in [0.5, 0.6) is 0 Å². The highest BCUT2D eigenvalue weighted by Crippen LogP contribution is 2.20. The Hall–Kier alpha value is -0.860. The first-order valence-corrected chi connectivity index (χ1v) is 6.61. The lowest BCUT2D eigenvalue weighted by molar-refractivity contribution is 0.0921. The lowest BCUT2D eigenvalue weighted by Gasteiger charge is -2.27. The van der Waals surface area contributed by atoms with E-state index in [0.717, 1.165) is 25.9 Å². The van der Waals surface area contributed by atoms with Crippen molar-refractivity contribution in [2.75, 3.05) is 13.1 Å². The quantitative estimate of drug-likeness (QED) is 0.839. The normalized spacial score (nSPS) is 22.4. The number of rotatable bonds is 3. The average Bonchev–Trinajstić information content (AvgIpc) is 2.34. The minimum atomic E-state index is -0.204. The molecular weight excluding hydrogens is 210 g/mol. The van der Waals surface area contributed by atoms with Crippen molar-refractivity contribution in [3.8, 4) is 0 Å². The van der Waals surface area contributed by atoms with Crippen LogP contribution in [0.4, 0.5) is 0 Å². The summed E-state index contributed by atoms with van der Waals surface area (Å²) < 4.78 is 0. The van der Waals surface area contributed by atoms with Crippen molar-refractivity contribution in [1.82, 2.24) is 5.32 Å². The molecule has 2 heteroatoms. The van der Waals surface area contributed by atoms with E-state index in [4.69, 9.17) is 0 Å². The second-order valence-corrected chi connectivity index (χ2v) is 5.31. The molecule has 2 atom stereocenters. The Labute approximate surface area is 104 Å². The van der Waals surface area contributed by atoms with Crippen LogP contribution in [0.25, 0.3) is 0 Å². The standard InChI is InChI=1S/C15H23NO/c1-11-5-6-13(12(2)8-11)9-15(17)14-4-3-7-16-10-14/h5-6,8,14-17H,3-4,7,9-10H2,1-2H3. The predicted octanol–water partition coefficient (Wildman–Crippen LogP) is 2.21. The van der Waals surface area contributed by atoms with Gasteiger partial charge in [-0.15, -0.1) is 0 Å². The van der Waals surface area contributed by atoms with E-state index in [-0.39, 0.29) is 6.10 Å². The fourth-order valence-corrected chi connectivity index (χ4v) is 2.67. The Morgan fingerprint density at radius 1 is 1.41 bits per heavy atom. The van der Waals surface area contributed by atoms with Crippen LogP contribution < -0.4 is 5.32 Å². The number of aliphatic hydroxyl groups excluding tert-OH is 1. The number of hydrogen-bond acceptors (Lipinski definition) is 2. The molecule has 0 amide bonds. The van der Waals surface area contributed by atoms with Crippen LogP contribution in [0.15, 0.2) is 18.2 Å². The second-order valence-electron chi connectivity index (χ2n) is 5.31. The lowest BCUT2D eigenvalue weighted by Crippen LogP contribution is -2.37. The van der Waals surface area contributed by atoms with E-state index in [2.05, 4.69) is 37.4 Å². The molecule has 94 valence electrons. The van der Waals surface area contributed by atoms with Crippen molar-refractivity contribution in [3.05, 3.63) is 34.9 Å². The van der Waals surface area contributed by atoms with Gasteiger partial charge >= 0.3 is 0 Å². The van der Waals surface area contributed by atoms with Crippen molar-refractivity contribution in [2.24, 2.45) is 5.92 Å². The monoisotopic (exact) mass is 233 g/mol. The zero-order chi connectivity index (χ0) is 12.3. The SMILES string of the molecule is Cc1ccc(CC(O)C2CCCNC2)c(C)c1. The fraction of sp³-hybridized carbons (Fsp3) is 0.600. The van der Waals surface area contributed by atoms with Crippen LogP contribution >= 0.6 is 0 Å². The van der Waals surface area contributed by atoms with E-state index >= 15 is 0 Å². The summed E-state index contributed by atoms with van der Waals surface area (Å²) in [5.74, 6) is 0.421. The van der Waals surface area contributed by atoms with Gasteiger partial charge in [0.15, 0.2) is 0 Å². The summed E-state index contributed by atoms with van der Waals surface area (Å²) >= 11 is 0. The van der Waals surface area contributed by atoms with Crippen molar-refractivity contribution < 1.29 is 5.11 Å². The third-order valence-corrected chi connectivity index (χ3v) is 3.81. The van der Waals surface area contributed by atoms with Gasteiger partial charge in [0.2, 0.25) is 0 Å². The molecule has 0 aliphatic carbocycles. The molecule has 1 aromatic carbocycles. The summed E-state index contributed by atoms with van der Waals surface area (Å²) in [5, 5.41) is 13.6. The van der Waals surface area contributed by atoms with Gasteiger partial charge in [0.05, 0.1) is 6.10 Å². The third kappa shape index (κ3) is 3.30. The number of nitrogens with one attached hydrogen (secondary N) is 1. The molecule has 0 radical (unpaired) electrons. The molecule has 1 aromatic rings. The molecule has 2 rings (SSSR count). The van der Waals surface area contributed by atoms with Gasteiger partial charge in [-0.05, 0) is 56.7 Å². The summed E-state index contributed by atoms with van der Waals surface area (Å²) in [6, 6.07) is 6.49. The Morgan fingerprint density at radius 3 is 2.88 bits per heavy atom. The maximum Gasteiger partial charge on any atom is 0.0620 e. The summed E-state index contributed by atoms with van der Waals surface area (Å²) in [6.45, 7) is 6.31. The lowest BCUT2D eigenvalue weighted by atomic mass is 9.88. The Kier molecular flexibility index (Phi) is 4.19. The Bertz CT molecular complexity index is 369. The van der Waals surface area contributed by atoms with Gasteiger partial charge in [0.1, 0.15) is 0 Å². The fourth-order valence-electron chi connectivity index (χ4n) is 2.67. The molecule has 1 heterocycles. The van der Waals surface area contributed by atoms with Gasteiger partial charge in [-0.3, -0.25) is 0 Å². The number of benzene rings is 1. The molecule has 0 spiro atoms. The highest BCUT2D eigenvalue weighted by atomic mass is 16.3. The zero-order valence-electron chi connectivity index (χ0n) is 10.9. The van der Waals surface area contributed by atoms with Crippen molar-refractivity contribution >= 4 is 0 Å². The van der Waals surface area contributed by atoms with E-state index in [1.807, 2.05) is 0 Å². The van der Waals surface area contributed by atoms with E-state index in [1.54, 1.807) is 0 Å². The van der Waals surface area contributed by atoms with Gasteiger partial charge in [-0.1, -0.05) is 23.8 Å². The van der Waals surface area contributed by atoms with Gasteiger partial charge < -0.3 is 10.4 Å². The molecule has 1 fully saturated rings. The topological polar surface area (TPSA) is 32.3 Å². The van der Waals surface area contributed by atoms with E-state index < -0.39 is 0 Å². The highest BCUT2D eigenvalue weighted by molar-refractivity contribution is 5.30. The van der Waals surface area contributed by atoms with E-state index in [1.165, 1.54) is 23.1 Å². The minimum Gasteiger partial charge on any atom is -0.392 e. The first-order chi connectivity index (χ1) is 8.16. The molecule has 2 nitrogen and oxygen atoms in total. The van der Waals surface area contributed by atoms with Crippen molar-refractivity contribution in [1.29, 1.82) is 0 Å². The summed E-state index contributed by atoms with van der Waals surface area (Å²) in [7, 11) is 0. The van der Waals surface area contributed by atoms with Crippen LogP contribution in [0, 0.1) is 19.8 Å². The van der Waals surface area contributed by atoms with Crippen molar-refractivity contribution in [2.45, 2.75) is 39.2 Å². The summed E-state index contributed by atoms with van der Waals surface area (Å²) in [4.78, 5) is 0. The molecule has 0 aromatic heterocycles. The third-order valence-electron chi connectivity index (χ3n) is 3.81. The molecule has 1 saturated heterocycles. The van der Waals surface area contributed by atoms with Gasteiger partial charge in [-0.2, -0.15) is 0 Å². The van der Waals surface area contributed by atoms with Crippen LogP contribution in [0.3, 0.4) is 0 Å². The van der Waals surface area contributed by atoms with Crippen molar-refractivity contribution in [3.63, 3.8) is 0 Å².